The van der Waals surface area contributed by atoms with Crippen LogP contribution in [0.1, 0.15) is 81.5 Å². The fourth-order valence-corrected chi connectivity index (χ4v) is 9.37. The molecule has 376 valence electrons. The minimum Gasteiger partial charge on any atom is -0.465 e. The van der Waals surface area contributed by atoms with E-state index in [0.29, 0.717) is 37.3 Å². The molecule has 0 spiro atoms. The van der Waals surface area contributed by atoms with Gasteiger partial charge >= 0.3 is 18.0 Å². The largest absolute Gasteiger partial charge is 0.465 e. The Balaban J connectivity index is 0.000000206. The number of benzene rings is 4. The second-order valence-corrected chi connectivity index (χ2v) is 19.1. The first kappa shape index (κ1) is 52.1. The Hall–Kier alpha value is -5.78. The van der Waals surface area contributed by atoms with Crippen molar-refractivity contribution in [2.75, 3.05) is 116 Å². The maximum Gasteiger partial charge on any atom is 0.337 e. The van der Waals surface area contributed by atoms with Crippen molar-refractivity contribution in [3.05, 3.63) is 130 Å². The molecule has 16 heteroatoms. The van der Waals surface area contributed by atoms with Crippen LogP contribution in [0, 0.1) is 11.6 Å². The van der Waals surface area contributed by atoms with Gasteiger partial charge in [0, 0.05) is 120 Å². The van der Waals surface area contributed by atoms with E-state index in [0.717, 1.165) is 115 Å². The van der Waals surface area contributed by atoms with Crippen molar-refractivity contribution in [2.45, 2.75) is 64.7 Å². The molecule has 0 unspecified atom stereocenters. The van der Waals surface area contributed by atoms with Crippen molar-refractivity contribution in [1.29, 1.82) is 0 Å². The first-order valence-electron chi connectivity index (χ1n) is 24.9. The van der Waals surface area contributed by atoms with E-state index in [2.05, 4.69) is 62.7 Å². The highest BCUT2D eigenvalue weighted by atomic mass is 19.1. The number of ketones is 1. The lowest BCUT2D eigenvalue weighted by Crippen LogP contribution is -2.45. The number of hydrogen-bond acceptors (Lipinski definition) is 10. The van der Waals surface area contributed by atoms with Crippen LogP contribution in [0.4, 0.5) is 29.7 Å². The average Bonchev–Trinajstić information content (AvgIpc) is 3.39. The standard InChI is InChI=1S/C27H36FN5O2.C27H35FN4O3/c1-30-13-15-31(16-14-30)19-21-5-9-24(10-6-21)33(27(35)32-11-3-2-4-12-32)20-23-8-7-22(17-25(23)28)26(34)18-29;1-29-14-16-30(17-15-29)19-21-6-10-24(11-7-21)32(27(34)31-12-4-3-5-13-31)20-23-9-8-22(18-25(23)28)26(33)35-2/h5-10,17H,2-4,11-16,18-20,29H2,1H3;6-11,18H,3-5,12-17,19-20H2,1-2H3. The smallest absolute Gasteiger partial charge is 0.337 e. The fourth-order valence-electron chi connectivity index (χ4n) is 9.37. The molecule has 0 radical (unpaired) electrons. The third-order valence-electron chi connectivity index (χ3n) is 13.9. The molecule has 4 saturated heterocycles. The number of ether oxygens (including phenoxy) is 1. The van der Waals surface area contributed by atoms with Gasteiger partial charge in [0.15, 0.2) is 5.78 Å². The number of carbonyl (C=O) groups excluding carboxylic acids is 4. The Kier molecular flexibility index (Phi) is 18.9. The van der Waals surface area contributed by atoms with Gasteiger partial charge in [0.05, 0.1) is 32.3 Å². The van der Waals surface area contributed by atoms with Gasteiger partial charge in [-0.25, -0.2) is 23.2 Å². The van der Waals surface area contributed by atoms with Crippen LogP contribution in [0.3, 0.4) is 0 Å². The first-order chi connectivity index (χ1) is 33.9. The predicted octanol–water partition coefficient (Wildman–Crippen LogP) is 7.30. The van der Waals surface area contributed by atoms with Gasteiger partial charge in [0.1, 0.15) is 11.6 Å². The van der Waals surface area contributed by atoms with Crippen molar-refractivity contribution in [2.24, 2.45) is 5.73 Å². The van der Waals surface area contributed by atoms with E-state index < -0.39 is 17.6 Å². The summed E-state index contributed by atoms with van der Waals surface area (Å²) in [5.74, 6) is -1.94. The highest BCUT2D eigenvalue weighted by Crippen LogP contribution is 2.27. The lowest BCUT2D eigenvalue weighted by Gasteiger charge is -2.34. The van der Waals surface area contributed by atoms with Crippen molar-refractivity contribution in [1.82, 2.24) is 29.4 Å². The van der Waals surface area contributed by atoms with Crippen LogP contribution in [0.5, 0.6) is 0 Å². The number of piperazine rings is 2. The molecule has 0 atom stereocenters. The average molecular weight is 964 g/mol. The summed E-state index contributed by atoms with van der Waals surface area (Å²) in [6.07, 6.45) is 6.16. The minimum atomic E-state index is -0.590. The van der Waals surface area contributed by atoms with Crippen molar-refractivity contribution < 1.29 is 32.7 Å². The predicted molar refractivity (Wildman–Crippen MR) is 270 cm³/mol. The van der Waals surface area contributed by atoms with Crippen LogP contribution < -0.4 is 15.5 Å². The third-order valence-corrected chi connectivity index (χ3v) is 13.9. The molecule has 4 aliphatic heterocycles. The van der Waals surface area contributed by atoms with E-state index in [1.165, 1.54) is 36.4 Å². The Morgan fingerprint density at radius 2 is 0.914 bits per heavy atom. The highest BCUT2D eigenvalue weighted by Gasteiger charge is 2.28. The summed E-state index contributed by atoms with van der Waals surface area (Å²) < 4.78 is 34.5. The monoisotopic (exact) mass is 964 g/mol. The number of carbonyl (C=O) groups is 4. The van der Waals surface area contributed by atoms with Crippen LogP contribution >= 0.6 is 0 Å². The second kappa shape index (κ2) is 25.4. The number of methoxy groups -OCH3 is 1. The molecule has 4 fully saturated rings. The molecule has 4 aromatic rings. The van der Waals surface area contributed by atoms with E-state index >= 15 is 0 Å². The number of nitrogens with two attached hydrogens (primary N) is 1. The number of urea groups is 2. The summed E-state index contributed by atoms with van der Waals surface area (Å²) in [5.41, 5.74) is 10.4. The number of hydrogen-bond donors (Lipinski definition) is 1. The van der Waals surface area contributed by atoms with Crippen molar-refractivity contribution in [3.63, 3.8) is 0 Å². The van der Waals surface area contributed by atoms with E-state index in [4.69, 9.17) is 5.73 Å². The molecular formula is C54H71F2N9O5. The summed E-state index contributed by atoms with van der Waals surface area (Å²) in [7, 11) is 5.55. The Labute approximate surface area is 412 Å². The van der Waals surface area contributed by atoms with Crippen LogP contribution in [0.15, 0.2) is 84.9 Å². The molecular weight excluding hydrogens is 893 g/mol. The summed E-state index contributed by atoms with van der Waals surface area (Å²) in [5, 5.41) is 0. The van der Waals surface area contributed by atoms with E-state index in [-0.39, 0.29) is 48.6 Å². The van der Waals surface area contributed by atoms with E-state index in [9.17, 15) is 28.0 Å². The van der Waals surface area contributed by atoms with Crippen molar-refractivity contribution in [3.8, 4) is 0 Å². The van der Waals surface area contributed by atoms with Crippen LogP contribution in [-0.4, -0.2) is 160 Å². The van der Waals surface area contributed by atoms with Crippen molar-refractivity contribution >= 4 is 35.2 Å². The maximum absolute atomic E-state index is 14.9. The third kappa shape index (κ3) is 14.2. The number of likely N-dealkylation sites (tertiary alicyclic amines) is 2. The molecule has 0 aliphatic carbocycles. The van der Waals surface area contributed by atoms with Gasteiger partial charge in [0.2, 0.25) is 0 Å². The van der Waals surface area contributed by atoms with Gasteiger partial charge in [-0.2, -0.15) is 0 Å². The van der Waals surface area contributed by atoms with E-state index in [1.807, 2.05) is 34.1 Å². The molecule has 2 N–H and O–H groups in total. The normalized spacial score (nSPS) is 17.3. The zero-order chi connectivity index (χ0) is 49.6. The maximum atomic E-state index is 14.9. The molecule has 4 aliphatic rings. The fraction of sp³-hybridized carbons (Fsp3) is 0.481. The summed E-state index contributed by atoms with van der Waals surface area (Å²) >= 11 is 0. The molecule has 0 saturated carbocycles. The molecule has 4 aromatic carbocycles. The molecule has 14 nitrogen and oxygen atoms in total. The zero-order valence-corrected chi connectivity index (χ0v) is 41.3. The number of nitrogens with zero attached hydrogens (tertiary/aromatic N) is 8. The lowest BCUT2D eigenvalue weighted by molar-refractivity contribution is 0.0600. The lowest BCUT2D eigenvalue weighted by atomic mass is 10.1. The molecule has 70 heavy (non-hydrogen) atoms. The summed E-state index contributed by atoms with van der Waals surface area (Å²) in [6, 6.07) is 24.5. The van der Waals surface area contributed by atoms with Gasteiger partial charge < -0.3 is 30.1 Å². The van der Waals surface area contributed by atoms with Crippen LogP contribution in [-0.2, 0) is 30.9 Å². The van der Waals surface area contributed by atoms with Crippen LogP contribution in [0.25, 0.3) is 0 Å². The van der Waals surface area contributed by atoms with Gasteiger partial charge in [-0.1, -0.05) is 42.5 Å². The number of rotatable bonds is 13. The summed E-state index contributed by atoms with van der Waals surface area (Å²) in [6.45, 7) is 13.0. The molecule has 0 aromatic heterocycles. The van der Waals surface area contributed by atoms with Gasteiger partial charge in [-0.15, -0.1) is 0 Å². The van der Waals surface area contributed by atoms with Gasteiger partial charge in [-0.05, 0) is 106 Å². The molecule has 4 heterocycles. The first-order valence-corrected chi connectivity index (χ1v) is 24.9. The number of Topliss-reactive ketones (excluding diaryl/α,β-unsaturated/α-hetero) is 1. The van der Waals surface area contributed by atoms with Gasteiger partial charge in [-0.3, -0.25) is 24.4 Å². The number of esters is 1. The molecule has 4 amide bonds. The quantitative estimate of drug-likeness (QED) is 0.108. The molecule has 0 bridgehead atoms. The minimum absolute atomic E-state index is 0.0838. The van der Waals surface area contributed by atoms with Gasteiger partial charge in [0.25, 0.3) is 0 Å². The number of halogens is 2. The molecule has 8 rings (SSSR count). The topological polar surface area (TPSA) is 129 Å². The Morgan fingerprint density at radius 3 is 1.29 bits per heavy atom. The van der Waals surface area contributed by atoms with Crippen LogP contribution in [0.2, 0.25) is 0 Å². The number of likely N-dealkylation sites (N-methyl/N-ethyl adjacent to an activating group) is 2. The summed E-state index contributed by atoms with van der Waals surface area (Å²) in [4.78, 5) is 67.2. The SMILES string of the molecule is CN1CCN(Cc2ccc(N(Cc3ccc(C(=O)CN)cc3F)C(=O)N3CCCCC3)cc2)CC1.COC(=O)c1ccc(CN(C(=O)N2CCCCC2)c2ccc(CN3CCN(C)CC3)cc2)c(F)c1. The Bertz CT molecular complexity index is 2200. The number of piperidine rings is 2. The van der Waals surface area contributed by atoms with E-state index in [1.54, 1.807) is 28.0 Å². The second-order valence-electron chi connectivity index (χ2n) is 19.1. The Morgan fingerprint density at radius 1 is 0.529 bits per heavy atom. The highest BCUT2D eigenvalue weighted by molar-refractivity contribution is 5.97. The number of anilines is 2. The zero-order valence-electron chi connectivity index (χ0n) is 41.3. The number of amides is 4.